The molecular formula is C14H17N2+. The monoisotopic (exact) mass is 213 g/mol. The Morgan fingerprint density at radius 3 is 2.75 bits per heavy atom. The number of rotatable bonds is 1. The molecule has 2 aromatic rings. The molecule has 2 nitrogen and oxygen atoms in total. The van der Waals surface area contributed by atoms with Crippen LogP contribution in [0, 0.1) is 0 Å². The van der Waals surface area contributed by atoms with E-state index in [9.17, 15) is 0 Å². The molecule has 0 amide bonds. The van der Waals surface area contributed by atoms with Crippen LogP contribution in [0.25, 0.3) is 0 Å². The summed E-state index contributed by atoms with van der Waals surface area (Å²) >= 11 is 0. The number of nitrogens with zero attached hydrogens (tertiary/aromatic N) is 1. The molecule has 1 unspecified atom stereocenters. The van der Waals surface area contributed by atoms with Crippen molar-refractivity contribution < 1.29 is 4.90 Å². The largest absolute Gasteiger partial charge is 0.340 e. The van der Waals surface area contributed by atoms with Gasteiger partial charge in [-0.2, -0.15) is 0 Å². The van der Waals surface area contributed by atoms with Crippen LogP contribution in [0.15, 0.2) is 48.7 Å². The number of hydrogen-bond acceptors (Lipinski definition) is 0. The van der Waals surface area contributed by atoms with Crippen LogP contribution in [0.3, 0.4) is 0 Å². The third-order valence-corrected chi connectivity index (χ3v) is 3.53. The van der Waals surface area contributed by atoms with Gasteiger partial charge in [-0.25, -0.2) is 0 Å². The number of nitrogens with one attached hydrogen (secondary N) is 1. The van der Waals surface area contributed by atoms with E-state index in [2.05, 4.69) is 60.3 Å². The van der Waals surface area contributed by atoms with Gasteiger partial charge in [0, 0.05) is 11.8 Å². The van der Waals surface area contributed by atoms with Crippen LogP contribution in [0.4, 0.5) is 0 Å². The predicted molar refractivity (Wildman–Crippen MR) is 64.5 cm³/mol. The number of quaternary nitrogens is 1. The summed E-state index contributed by atoms with van der Waals surface area (Å²) in [6.07, 6.45) is 2.19. The molecule has 0 spiro atoms. The molecule has 1 aromatic heterocycles. The van der Waals surface area contributed by atoms with E-state index in [-0.39, 0.29) is 0 Å². The fraction of sp³-hybridized carbons (Fsp3) is 0.286. The van der Waals surface area contributed by atoms with Gasteiger partial charge >= 0.3 is 0 Å². The second-order valence-electron chi connectivity index (χ2n) is 4.57. The molecular weight excluding hydrogens is 196 g/mol. The molecule has 0 saturated carbocycles. The molecule has 2 atom stereocenters. The average Bonchev–Trinajstić information content (AvgIpc) is 2.78. The average molecular weight is 213 g/mol. The summed E-state index contributed by atoms with van der Waals surface area (Å²) in [5.74, 6) is 0. The van der Waals surface area contributed by atoms with Crippen LogP contribution in [-0.2, 0) is 6.54 Å². The molecule has 82 valence electrons. The van der Waals surface area contributed by atoms with Crippen molar-refractivity contribution in [3.8, 4) is 0 Å². The number of aromatic nitrogens is 1. The van der Waals surface area contributed by atoms with Crippen LogP contribution in [0.2, 0.25) is 0 Å². The summed E-state index contributed by atoms with van der Waals surface area (Å²) in [5.41, 5.74) is 2.86. The number of fused-ring (bicyclic) bond motifs is 1. The van der Waals surface area contributed by atoms with Crippen molar-refractivity contribution in [2.75, 3.05) is 13.6 Å². The van der Waals surface area contributed by atoms with Gasteiger partial charge in [-0.1, -0.05) is 30.3 Å². The third-order valence-electron chi connectivity index (χ3n) is 3.53. The van der Waals surface area contributed by atoms with Gasteiger partial charge in [-0.3, -0.25) is 0 Å². The zero-order valence-corrected chi connectivity index (χ0v) is 9.56. The molecule has 1 aliphatic rings. The zero-order valence-electron chi connectivity index (χ0n) is 9.56. The highest BCUT2D eigenvalue weighted by Crippen LogP contribution is 2.21. The second kappa shape index (κ2) is 3.80. The van der Waals surface area contributed by atoms with Crippen molar-refractivity contribution >= 4 is 0 Å². The molecule has 1 aromatic carbocycles. The smallest absolute Gasteiger partial charge is 0.154 e. The molecule has 1 N–H and O–H groups in total. The van der Waals surface area contributed by atoms with Crippen LogP contribution in [-0.4, -0.2) is 18.2 Å². The molecule has 0 fully saturated rings. The van der Waals surface area contributed by atoms with Gasteiger partial charge in [-0.05, 0) is 12.1 Å². The lowest BCUT2D eigenvalue weighted by Crippen LogP contribution is -3.10. The van der Waals surface area contributed by atoms with E-state index >= 15 is 0 Å². The molecule has 3 rings (SSSR count). The van der Waals surface area contributed by atoms with Gasteiger partial charge in [-0.15, -0.1) is 0 Å². The summed E-state index contributed by atoms with van der Waals surface area (Å²) < 4.78 is 2.38. The van der Waals surface area contributed by atoms with E-state index in [0.717, 1.165) is 6.54 Å². The lowest BCUT2D eigenvalue weighted by atomic mass is 10.0. The van der Waals surface area contributed by atoms with Gasteiger partial charge < -0.3 is 9.47 Å². The Kier molecular flexibility index (Phi) is 2.29. The predicted octanol–water partition coefficient (Wildman–Crippen LogP) is 1.11. The molecule has 0 radical (unpaired) electrons. The fourth-order valence-electron chi connectivity index (χ4n) is 2.69. The first kappa shape index (κ1) is 9.67. The Morgan fingerprint density at radius 2 is 1.94 bits per heavy atom. The fourth-order valence-corrected chi connectivity index (χ4v) is 2.69. The Hall–Kier alpha value is -1.54. The van der Waals surface area contributed by atoms with Crippen molar-refractivity contribution in [1.82, 2.24) is 4.57 Å². The molecule has 2 heterocycles. The van der Waals surface area contributed by atoms with Crippen molar-refractivity contribution in [2.45, 2.75) is 12.6 Å². The highest BCUT2D eigenvalue weighted by Gasteiger charge is 2.29. The van der Waals surface area contributed by atoms with Gasteiger partial charge in [0.25, 0.3) is 0 Å². The van der Waals surface area contributed by atoms with Crippen molar-refractivity contribution in [3.63, 3.8) is 0 Å². The van der Waals surface area contributed by atoms with Gasteiger partial charge in [0.1, 0.15) is 0 Å². The Labute approximate surface area is 96.1 Å². The minimum atomic E-state index is 0.491. The summed E-state index contributed by atoms with van der Waals surface area (Å²) in [4.78, 5) is 1.58. The van der Waals surface area contributed by atoms with Gasteiger partial charge in [0.2, 0.25) is 0 Å². The lowest BCUT2D eigenvalue weighted by Gasteiger charge is -2.31. The first-order valence-corrected chi connectivity index (χ1v) is 5.88. The van der Waals surface area contributed by atoms with E-state index in [4.69, 9.17) is 0 Å². The number of likely N-dealkylation sites (N-methyl/N-ethyl adjacent to an activating group) is 1. The van der Waals surface area contributed by atoms with Crippen LogP contribution in [0.5, 0.6) is 0 Å². The van der Waals surface area contributed by atoms with Crippen LogP contribution >= 0.6 is 0 Å². The lowest BCUT2D eigenvalue weighted by molar-refractivity contribution is -0.910. The quantitative estimate of drug-likeness (QED) is 0.727. The van der Waals surface area contributed by atoms with E-state index in [1.807, 2.05) is 0 Å². The third kappa shape index (κ3) is 1.46. The molecule has 0 bridgehead atoms. The minimum absolute atomic E-state index is 0.491. The molecule has 0 aliphatic carbocycles. The normalized spacial score (nSPS) is 24.1. The number of benzene rings is 1. The van der Waals surface area contributed by atoms with E-state index in [1.165, 1.54) is 17.8 Å². The minimum Gasteiger partial charge on any atom is -0.340 e. The summed E-state index contributed by atoms with van der Waals surface area (Å²) in [5, 5.41) is 0. The van der Waals surface area contributed by atoms with E-state index in [0.29, 0.717) is 6.04 Å². The first-order chi connectivity index (χ1) is 7.86. The summed E-state index contributed by atoms with van der Waals surface area (Å²) in [6, 6.07) is 15.7. The molecule has 16 heavy (non-hydrogen) atoms. The van der Waals surface area contributed by atoms with Crippen LogP contribution in [0.1, 0.15) is 17.3 Å². The topological polar surface area (TPSA) is 9.37 Å². The SMILES string of the molecule is C[NH+]1CCn2cccc2[C@@H]1c1ccccc1. The van der Waals surface area contributed by atoms with E-state index < -0.39 is 0 Å². The molecule has 0 saturated heterocycles. The molecule has 1 aliphatic heterocycles. The van der Waals surface area contributed by atoms with Crippen molar-refractivity contribution in [2.24, 2.45) is 0 Å². The Balaban J connectivity index is 2.08. The Bertz CT molecular complexity index is 472. The zero-order chi connectivity index (χ0) is 11.0. The standard InChI is InChI=1S/C14H16N2/c1-15-10-11-16-9-5-8-13(16)14(15)12-6-3-2-4-7-12/h2-9,14H,10-11H2,1H3/p+1/t14-/m0/s1. The number of hydrogen-bond donors (Lipinski definition) is 1. The maximum Gasteiger partial charge on any atom is 0.154 e. The highest BCUT2D eigenvalue weighted by molar-refractivity contribution is 5.27. The van der Waals surface area contributed by atoms with Gasteiger partial charge in [0.15, 0.2) is 6.04 Å². The van der Waals surface area contributed by atoms with Crippen molar-refractivity contribution in [1.29, 1.82) is 0 Å². The van der Waals surface area contributed by atoms with Gasteiger partial charge in [0.05, 0.1) is 25.8 Å². The first-order valence-electron chi connectivity index (χ1n) is 5.88. The maximum absolute atomic E-state index is 2.38. The second-order valence-corrected chi connectivity index (χ2v) is 4.57. The summed E-state index contributed by atoms with van der Waals surface area (Å²) in [6.45, 7) is 2.33. The van der Waals surface area contributed by atoms with Crippen LogP contribution < -0.4 is 4.90 Å². The maximum atomic E-state index is 2.38. The Morgan fingerprint density at radius 1 is 1.12 bits per heavy atom. The summed E-state index contributed by atoms with van der Waals surface area (Å²) in [7, 11) is 2.29. The highest BCUT2D eigenvalue weighted by atomic mass is 15.2. The van der Waals surface area contributed by atoms with E-state index in [1.54, 1.807) is 4.90 Å². The van der Waals surface area contributed by atoms with Crippen molar-refractivity contribution in [3.05, 3.63) is 59.9 Å². The molecule has 2 heteroatoms.